The maximum Gasteiger partial charge on any atom is 0.146 e. The van der Waals surface area contributed by atoms with Gasteiger partial charge in [-0.15, -0.1) is 0 Å². The van der Waals surface area contributed by atoms with E-state index in [9.17, 15) is 0 Å². The maximum absolute atomic E-state index is 8.80. The third kappa shape index (κ3) is 26.5. The van der Waals surface area contributed by atoms with Crippen LogP contribution >= 0.6 is 0 Å². The molecule has 0 rings (SSSR count). The molecule has 0 aromatic rings. The van der Waals surface area contributed by atoms with Crippen LogP contribution in [0.2, 0.25) is 0 Å². The molecule has 0 saturated heterocycles. The monoisotopic (exact) mass is 510 g/mol. The highest BCUT2D eigenvalue weighted by Gasteiger charge is 2.06. The van der Waals surface area contributed by atoms with E-state index in [2.05, 4.69) is 9.80 Å². The second kappa shape index (κ2) is 29.8. The first-order chi connectivity index (χ1) is 17.3. The van der Waals surface area contributed by atoms with Gasteiger partial charge in [0.2, 0.25) is 0 Å². The van der Waals surface area contributed by atoms with Gasteiger partial charge in [0.25, 0.3) is 0 Å². The van der Waals surface area contributed by atoms with Gasteiger partial charge >= 0.3 is 0 Å². The molecule has 0 unspecified atom stereocenters. The van der Waals surface area contributed by atoms with Crippen LogP contribution in [0.3, 0.4) is 0 Å². The van der Waals surface area contributed by atoms with Crippen molar-refractivity contribution in [1.29, 1.82) is 0 Å². The lowest BCUT2D eigenvalue weighted by Crippen LogP contribution is -2.33. The number of hydrogen-bond acceptors (Lipinski definition) is 10. The normalized spacial score (nSPS) is 11.8. The predicted octanol–water partition coefficient (Wildman–Crippen LogP) is 1.50. The Balaban J connectivity index is 3.66. The smallest absolute Gasteiger partial charge is 0.146 e. The van der Waals surface area contributed by atoms with Gasteiger partial charge in [-0.2, -0.15) is 0 Å². The standard InChI is InChI=1S/C25H54N2O8/c1-4-30-20-11-27(12-21-31-5-2)10-7-17-34-25-35-19-8-18-32-22-13-26(9-6-16-29-3)14-23-33-24-15-28/h28H,4-25H2,1-3H3. The first-order valence-corrected chi connectivity index (χ1v) is 13.3. The fourth-order valence-electron chi connectivity index (χ4n) is 3.27. The lowest BCUT2D eigenvalue weighted by Gasteiger charge is -2.22. The van der Waals surface area contributed by atoms with Crippen molar-refractivity contribution in [2.45, 2.75) is 33.1 Å². The molecule has 10 heteroatoms. The molecule has 0 bridgehead atoms. The zero-order valence-electron chi connectivity index (χ0n) is 22.8. The maximum atomic E-state index is 8.80. The van der Waals surface area contributed by atoms with Gasteiger partial charge < -0.3 is 38.3 Å². The summed E-state index contributed by atoms with van der Waals surface area (Å²) in [5.74, 6) is 0. The fraction of sp³-hybridized carbons (Fsp3) is 1.00. The van der Waals surface area contributed by atoms with E-state index in [0.29, 0.717) is 46.4 Å². The molecule has 212 valence electrons. The highest BCUT2D eigenvalue weighted by atomic mass is 16.7. The van der Waals surface area contributed by atoms with E-state index in [0.717, 1.165) is 91.6 Å². The summed E-state index contributed by atoms with van der Waals surface area (Å²) < 4.78 is 38.3. The second-order valence-electron chi connectivity index (χ2n) is 8.01. The zero-order chi connectivity index (χ0) is 25.7. The molecule has 0 fully saturated rings. The summed E-state index contributed by atoms with van der Waals surface area (Å²) in [6.07, 6.45) is 2.77. The Labute approximate surface area is 214 Å². The Morgan fingerprint density at radius 3 is 1.46 bits per heavy atom. The minimum Gasteiger partial charge on any atom is -0.394 e. The van der Waals surface area contributed by atoms with Gasteiger partial charge in [-0.3, -0.25) is 9.80 Å². The first kappa shape index (κ1) is 34.6. The van der Waals surface area contributed by atoms with Crippen molar-refractivity contribution in [2.75, 3.05) is 132 Å². The molecule has 0 aromatic heterocycles. The summed E-state index contributed by atoms with van der Waals surface area (Å²) in [5.41, 5.74) is 0. The van der Waals surface area contributed by atoms with Gasteiger partial charge in [-0.25, -0.2) is 0 Å². The lowest BCUT2D eigenvalue weighted by molar-refractivity contribution is -0.0607. The van der Waals surface area contributed by atoms with Crippen LogP contribution in [0.1, 0.15) is 33.1 Å². The summed E-state index contributed by atoms with van der Waals surface area (Å²) in [5, 5.41) is 8.80. The molecule has 0 aliphatic carbocycles. The number of nitrogens with zero attached hydrogens (tertiary/aromatic N) is 2. The van der Waals surface area contributed by atoms with Crippen molar-refractivity contribution in [1.82, 2.24) is 9.80 Å². The number of ether oxygens (including phenoxy) is 7. The van der Waals surface area contributed by atoms with Crippen LogP contribution in [-0.2, 0) is 33.2 Å². The highest BCUT2D eigenvalue weighted by molar-refractivity contribution is 4.58. The van der Waals surface area contributed by atoms with Crippen molar-refractivity contribution < 1.29 is 38.3 Å². The van der Waals surface area contributed by atoms with Crippen LogP contribution in [0.15, 0.2) is 0 Å². The second-order valence-corrected chi connectivity index (χ2v) is 8.01. The third-order valence-electron chi connectivity index (χ3n) is 5.18. The fourth-order valence-corrected chi connectivity index (χ4v) is 3.27. The van der Waals surface area contributed by atoms with Crippen LogP contribution < -0.4 is 0 Å². The largest absolute Gasteiger partial charge is 0.394 e. The van der Waals surface area contributed by atoms with E-state index in [-0.39, 0.29) is 6.61 Å². The average molecular weight is 511 g/mol. The molecule has 0 saturated carbocycles. The van der Waals surface area contributed by atoms with Crippen molar-refractivity contribution in [3.8, 4) is 0 Å². The van der Waals surface area contributed by atoms with Gasteiger partial charge in [0.15, 0.2) is 0 Å². The van der Waals surface area contributed by atoms with E-state index in [1.807, 2.05) is 13.8 Å². The Hall–Kier alpha value is -0.400. The van der Waals surface area contributed by atoms with Crippen molar-refractivity contribution in [2.24, 2.45) is 0 Å². The van der Waals surface area contributed by atoms with Crippen LogP contribution in [0.25, 0.3) is 0 Å². The van der Waals surface area contributed by atoms with E-state index < -0.39 is 0 Å². The number of methoxy groups -OCH3 is 1. The molecule has 0 heterocycles. The molecule has 0 aliphatic heterocycles. The van der Waals surface area contributed by atoms with Crippen LogP contribution in [0.4, 0.5) is 0 Å². The quantitative estimate of drug-likeness (QED) is 0.113. The van der Waals surface area contributed by atoms with Gasteiger partial charge in [0.1, 0.15) is 6.79 Å². The third-order valence-corrected chi connectivity index (χ3v) is 5.18. The highest BCUT2D eigenvalue weighted by Crippen LogP contribution is 1.97. The summed E-state index contributed by atoms with van der Waals surface area (Å²) in [7, 11) is 1.72. The van der Waals surface area contributed by atoms with E-state index in [4.69, 9.17) is 38.3 Å². The van der Waals surface area contributed by atoms with Gasteiger partial charge in [-0.05, 0) is 33.1 Å². The molecule has 0 radical (unpaired) electrons. The summed E-state index contributed by atoms with van der Waals surface area (Å²) in [6.45, 7) is 17.2. The average Bonchev–Trinajstić information content (AvgIpc) is 2.86. The van der Waals surface area contributed by atoms with Crippen LogP contribution in [0, 0.1) is 0 Å². The van der Waals surface area contributed by atoms with Gasteiger partial charge in [-0.1, -0.05) is 0 Å². The van der Waals surface area contributed by atoms with Gasteiger partial charge in [0.05, 0.1) is 52.9 Å². The topological polar surface area (TPSA) is 91.3 Å². The minimum atomic E-state index is 0.0580. The van der Waals surface area contributed by atoms with E-state index in [1.54, 1.807) is 7.11 Å². The lowest BCUT2D eigenvalue weighted by atomic mass is 10.4. The molecule has 0 spiro atoms. The zero-order valence-corrected chi connectivity index (χ0v) is 22.8. The molecular weight excluding hydrogens is 456 g/mol. The number of aliphatic hydroxyl groups is 1. The molecule has 35 heavy (non-hydrogen) atoms. The number of aliphatic hydroxyl groups excluding tert-OH is 1. The van der Waals surface area contributed by atoms with Crippen molar-refractivity contribution in [3.05, 3.63) is 0 Å². The molecule has 10 nitrogen and oxygen atoms in total. The Morgan fingerprint density at radius 1 is 0.486 bits per heavy atom. The minimum absolute atomic E-state index is 0.0580. The Morgan fingerprint density at radius 2 is 0.943 bits per heavy atom. The van der Waals surface area contributed by atoms with E-state index >= 15 is 0 Å². The Bertz CT molecular complexity index is 386. The predicted molar refractivity (Wildman–Crippen MR) is 137 cm³/mol. The van der Waals surface area contributed by atoms with E-state index in [1.165, 1.54) is 0 Å². The molecule has 0 amide bonds. The molecule has 0 atom stereocenters. The summed E-state index contributed by atoms with van der Waals surface area (Å²) in [4.78, 5) is 4.66. The molecular formula is C25H54N2O8. The van der Waals surface area contributed by atoms with Crippen molar-refractivity contribution >= 4 is 0 Å². The van der Waals surface area contributed by atoms with Gasteiger partial charge in [0, 0.05) is 72.8 Å². The Kier molecular flexibility index (Phi) is 29.5. The summed E-state index contributed by atoms with van der Waals surface area (Å²) in [6, 6.07) is 0. The summed E-state index contributed by atoms with van der Waals surface area (Å²) >= 11 is 0. The molecule has 0 aliphatic rings. The molecule has 0 aromatic carbocycles. The SMILES string of the molecule is CCOCCN(CCCOCOCCCOCCN(CCCOC)CCOCCO)CCOCC. The van der Waals surface area contributed by atoms with Crippen LogP contribution in [0.5, 0.6) is 0 Å². The van der Waals surface area contributed by atoms with Crippen LogP contribution in [-0.4, -0.2) is 147 Å². The number of rotatable bonds is 30. The molecule has 1 N–H and O–H groups in total. The van der Waals surface area contributed by atoms with Crippen molar-refractivity contribution in [3.63, 3.8) is 0 Å². The first-order valence-electron chi connectivity index (χ1n) is 13.3. The number of hydrogen-bond donors (Lipinski definition) is 1.